The molecule has 1 saturated heterocycles. The molecule has 1 saturated carbocycles. The zero-order valence-electron chi connectivity index (χ0n) is 7.92. The Morgan fingerprint density at radius 2 is 2.38 bits per heavy atom. The predicted molar refractivity (Wildman–Crippen MR) is 47.7 cm³/mol. The highest BCUT2D eigenvalue weighted by atomic mass is 16.3. The summed E-state index contributed by atoms with van der Waals surface area (Å²) in [7, 11) is 0. The third-order valence-electron chi connectivity index (χ3n) is 2.82. The Hall–Kier alpha value is -0.610. The van der Waals surface area contributed by atoms with Gasteiger partial charge in [-0.3, -0.25) is 9.80 Å². The monoisotopic (exact) mass is 184 g/mol. The van der Waals surface area contributed by atoms with Gasteiger partial charge in [-0.05, 0) is 18.8 Å². The minimum atomic E-state index is 0.117. The molecule has 4 heteroatoms. The second-order valence-electron chi connectivity index (χ2n) is 4.36. The van der Waals surface area contributed by atoms with Gasteiger partial charge in [0.25, 0.3) is 0 Å². The molecule has 0 aromatic heterocycles. The number of carbonyl (C=O) groups excluding carboxylic acids is 1. The lowest BCUT2D eigenvalue weighted by Gasteiger charge is -2.20. The van der Waals surface area contributed by atoms with Crippen molar-refractivity contribution in [3.05, 3.63) is 0 Å². The number of rotatable bonds is 3. The van der Waals surface area contributed by atoms with Gasteiger partial charge in [0, 0.05) is 25.1 Å². The third kappa shape index (κ3) is 1.69. The minimum absolute atomic E-state index is 0.117. The maximum atomic E-state index is 11.5. The van der Waals surface area contributed by atoms with Crippen LogP contribution in [-0.2, 0) is 4.79 Å². The quantitative estimate of drug-likeness (QED) is 0.643. The molecular formula is C9H16N2O2. The van der Waals surface area contributed by atoms with E-state index in [4.69, 9.17) is 5.11 Å². The molecule has 1 aliphatic carbocycles. The molecule has 2 aliphatic rings. The normalized spacial score (nSPS) is 26.9. The van der Waals surface area contributed by atoms with Gasteiger partial charge in [0.15, 0.2) is 0 Å². The zero-order chi connectivity index (χ0) is 9.47. The Morgan fingerprint density at radius 3 is 2.85 bits per heavy atom. The number of aliphatic hydroxyl groups is 1. The first-order valence-corrected chi connectivity index (χ1v) is 4.84. The van der Waals surface area contributed by atoms with E-state index in [1.165, 1.54) is 0 Å². The van der Waals surface area contributed by atoms with Crippen LogP contribution in [0.2, 0.25) is 0 Å². The highest BCUT2D eigenvalue weighted by Crippen LogP contribution is 2.42. The van der Waals surface area contributed by atoms with Crippen molar-refractivity contribution < 1.29 is 9.90 Å². The van der Waals surface area contributed by atoms with Crippen LogP contribution in [0.15, 0.2) is 0 Å². The Balaban J connectivity index is 1.90. The van der Waals surface area contributed by atoms with Crippen molar-refractivity contribution in [2.45, 2.75) is 31.7 Å². The summed E-state index contributed by atoms with van der Waals surface area (Å²) in [4.78, 5) is 11.5. The maximum Gasteiger partial charge on any atom is 0.238 e. The van der Waals surface area contributed by atoms with Gasteiger partial charge in [-0.1, -0.05) is 6.92 Å². The van der Waals surface area contributed by atoms with Crippen LogP contribution in [0.25, 0.3) is 0 Å². The van der Waals surface area contributed by atoms with Crippen molar-refractivity contribution in [2.75, 3.05) is 13.2 Å². The maximum absolute atomic E-state index is 11.5. The van der Waals surface area contributed by atoms with Crippen LogP contribution >= 0.6 is 0 Å². The molecule has 0 aromatic rings. The van der Waals surface area contributed by atoms with E-state index in [1.54, 1.807) is 5.01 Å². The second-order valence-corrected chi connectivity index (χ2v) is 4.36. The van der Waals surface area contributed by atoms with Crippen LogP contribution in [-0.4, -0.2) is 34.7 Å². The number of amides is 1. The lowest BCUT2D eigenvalue weighted by molar-refractivity contribution is -0.130. The third-order valence-corrected chi connectivity index (χ3v) is 2.82. The smallest absolute Gasteiger partial charge is 0.238 e. The van der Waals surface area contributed by atoms with Crippen molar-refractivity contribution in [1.29, 1.82) is 0 Å². The first kappa shape index (κ1) is 8.97. The average molecular weight is 184 g/mol. The number of carbonyl (C=O) groups is 1. The molecule has 1 atom stereocenters. The number of aliphatic hydroxyl groups excluding tert-OH is 1. The summed E-state index contributed by atoms with van der Waals surface area (Å²) in [6.45, 7) is 2.70. The van der Waals surface area contributed by atoms with E-state index >= 15 is 0 Å². The Morgan fingerprint density at radius 1 is 1.69 bits per heavy atom. The minimum Gasteiger partial charge on any atom is -0.396 e. The Labute approximate surface area is 77.9 Å². The van der Waals surface area contributed by atoms with Gasteiger partial charge in [-0.2, -0.15) is 0 Å². The molecule has 13 heavy (non-hydrogen) atoms. The molecule has 4 nitrogen and oxygen atoms in total. The molecule has 2 N–H and O–H groups in total. The van der Waals surface area contributed by atoms with E-state index < -0.39 is 0 Å². The molecule has 1 heterocycles. The molecule has 74 valence electrons. The van der Waals surface area contributed by atoms with Gasteiger partial charge >= 0.3 is 0 Å². The van der Waals surface area contributed by atoms with Crippen molar-refractivity contribution in [2.24, 2.45) is 5.92 Å². The van der Waals surface area contributed by atoms with Gasteiger partial charge < -0.3 is 5.11 Å². The number of hydrogen-bond donors (Lipinski definition) is 2. The van der Waals surface area contributed by atoms with Gasteiger partial charge in [0.2, 0.25) is 5.91 Å². The molecule has 1 unspecified atom stereocenters. The number of nitrogens with one attached hydrogen (secondary N) is 1. The summed E-state index contributed by atoms with van der Waals surface area (Å²) < 4.78 is 0. The second kappa shape index (κ2) is 2.96. The van der Waals surface area contributed by atoms with Crippen LogP contribution in [0.4, 0.5) is 0 Å². The Kier molecular flexibility index (Phi) is 2.04. The lowest BCUT2D eigenvalue weighted by Crippen LogP contribution is -2.41. The van der Waals surface area contributed by atoms with Crippen LogP contribution in [0.3, 0.4) is 0 Å². The SMILES string of the molecule is CC(CO)CN1NC2(CC2)CC1=O. The predicted octanol–water partition coefficient (Wildman–Crippen LogP) is -0.116. The van der Waals surface area contributed by atoms with Crippen molar-refractivity contribution in [1.82, 2.24) is 10.4 Å². The highest BCUT2D eigenvalue weighted by molar-refractivity contribution is 5.80. The fourth-order valence-electron chi connectivity index (χ4n) is 1.73. The van der Waals surface area contributed by atoms with Crippen LogP contribution in [0.5, 0.6) is 0 Å². The van der Waals surface area contributed by atoms with Gasteiger partial charge in [-0.25, -0.2) is 5.43 Å². The van der Waals surface area contributed by atoms with Crippen molar-refractivity contribution in [3.8, 4) is 0 Å². The summed E-state index contributed by atoms with van der Waals surface area (Å²) in [5.74, 6) is 0.336. The molecule has 1 aliphatic heterocycles. The Bertz CT molecular complexity index is 226. The topological polar surface area (TPSA) is 52.6 Å². The molecule has 0 radical (unpaired) electrons. The first-order chi connectivity index (χ1) is 6.15. The summed E-state index contributed by atoms with van der Waals surface area (Å²) in [6.07, 6.45) is 2.87. The largest absolute Gasteiger partial charge is 0.396 e. The average Bonchev–Trinajstić information content (AvgIpc) is 2.75. The van der Waals surface area contributed by atoms with Crippen molar-refractivity contribution >= 4 is 5.91 Å². The van der Waals surface area contributed by atoms with E-state index in [-0.39, 0.29) is 24.0 Å². The summed E-state index contributed by atoms with van der Waals surface area (Å²) in [6, 6.07) is 0. The number of hydrogen-bond acceptors (Lipinski definition) is 3. The molecule has 2 fully saturated rings. The summed E-state index contributed by atoms with van der Waals surface area (Å²) in [5.41, 5.74) is 3.35. The van der Waals surface area contributed by atoms with E-state index in [0.29, 0.717) is 13.0 Å². The molecule has 1 amide bonds. The molecule has 0 aromatic carbocycles. The van der Waals surface area contributed by atoms with Gasteiger partial charge in [0.05, 0.1) is 0 Å². The van der Waals surface area contributed by atoms with Crippen LogP contribution in [0.1, 0.15) is 26.2 Å². The van der Waals surface area contributed by atoms with E-state index in [2.05, 4.69) is 5.43 Å². The van der Waals surface area contributed by atoms with E-state index in [9.17, 15) is 4.79 Å². The molecule has 0 bridgehead atoms. The standard InChI is InChI=1S/C9H16N2O2/c1-7(6-12)5-11-8(13)4-9(10-11)2-3-9/h7,10,12H,2-6H2,1H3. The van der Waals surface area contributed by atoms with Gasteiger partial charge in [0.1, 0.15) is 0 Å². The fraction of sp³-hybridized carbons (Fsp3) is 0.889. The number of hydrazine groups is 1. The molecule has 2 rings (SSSR count). The first-order valence-electron chi connectivity index (χ1n) is 4.84. The number of nitrogens with zero attached hydrogens (tertiary/aromatic N) is 1. The molecular weight excluding hydrogens is 168 g/mol. The lowest BCUT2D eigenvalue weighted by atomic mass is 10.2. The fourth-order valence-corrected chi connectivity index (χ4v) is 1.73. The van der Waals surface area contributed by atoms with Crippen LogP contribution in [0, 0.1) is 5.92 Å². The summed E-state index contributed by atoms with van der Waals surface area (Å²) >= 11 is 0. The highest BCUT2D eigenvalue weighted by Gasteiger charge is 2.51. The van der Waals surface area contributed by atoms with Crippen LogP contribution < -0.4 is 5.43 Å². The van der Waals surface area contributed by atoms with E-state index in [1.807, 2.05) is 6.92 Å². The summed E-state index contributed by atoms with van der Waals surface area (Å²) in [5, 5.41) is 10.5. The van der Waals surface area contributed by atoms with Gasteiger partial charge in [-0.15, -0.1) is 0 Å². The van der Waals surface area contributed by atoms with Crippen molar-refractivity contribution in [3.63, 3.8) is 0 Å². The van der Waals surface area contributed by atoms with E-state index in [0.717, 1.165) is 12.8 Å². The zero-order valence-corrected chi connectivity index (χ0v) is 7.92. The molecule has 1 spiro atoms.